The smallest absolute Gasteiger partial charge is 0.317 e. The molecule has 1 saturated carbocycles. The molecule has 96 valence electrons. The first-order valence-electron chi connectivity index (χ1n) is 5.74. The van der Waals surface area contributed by atoms with Crippen LogP contribution >= 0.6 is 0 Å². The fraction of sp³-hybridized carbons (Fsp3) is 0.667. The Morgan fingerprint density at radius 3 is 2.41 bits per heavy atom. The third-order valence-electron chi connectivity index (χ3n) is 3.03. The maximum absolute atomic E-state index is 11.8. The fourth-order valence-electron chi connectivity index (χ4n) is 2.04. The van der Waals surface area contributed by atoms with Crippen molar-refractivity contribution in [1.29, 1.82) is 0 Å². The Kier molecular flexibility index (Phi) is 4.15. The van der Waals surface area contributed by atoms with Crippen LogP contribution < -0.4 is 5.32 Å². The number of hydrogen-bond acceptors (Lipinski definition) is 2. The van der Waals surface area contributed by atoms with E-state index in [1.54, 1.807) is 7.05 Å². The van der Waals surface area contributed by atoms with E-state index < -0.39 is 11.5 Å². The predicted molar refractivity (Wildman–Crippen MR) is 64.8 cm³/mol. The fourth-order valence-corrected chi connectivity index (χ4v) is 2.04. The number of rotatable bonds is 5. The summed E-state index contributed by atoms with van der Waals surface area (Å²) in [6, 6.07) is -0.228. The minimum absolute atomic E-state index is 0.000346. The van der Waals surface area contributed by atoms with Gasteiger partial charge in [0.1, 0.15) is 0 Å². The van der Waals surface area contributed by atoms with Gasteiger partial charge in [0.25, 0.3) is 0 Å². The number of amides is 2. The van der Waals surface area contributed by atoms with Crippen molar-refractivity contribution in [2.75, 3.05) is 13.6 Å². The number of aliphatic carboxylic acids is 1. The molecule has 0 aromatic carbocycles. The molecule has 0 radical (unpaired) electrons. The lowest BCUT2D eigenvalue weighted by Crippen LogP contribution is -2.57. The van der Waals surface area contributed by atoms with Gasteiger partial charge in [-0.2, -0.15) is 0 Å². The van der Waals surface area contributed by atoms with Crippen molar-refractivity contribution < 1.29 is 14.7 Å². The number of carbonyl (C=O) groups excluding carboxylic acids is 1. The third-order valence-corrected chi connectivity index (χ3v) is 3.03. The highest BCUT2D eigenvalue weighted by Gasteiger charge is 2.40. The van der Waals surface area contributed by atoms with Crippen LogP contribution in [0.4, 0.5) is 4.79 Å². The van der Waals surface area contributed by atoms with Crippen molar-refractivity contribution in [2.24, 2.45) is 0 Å². The van der Waals surface area contributed by atoms with Gasteiger partial charge in [-0.3, -0.25) is 4.79 Å². The van der Waals surface area contributed by atoms with Crippen LogP contribution in [0.5, 0.6) is 0 Å². The molecule has 1 fully saturated rings. The van der Waals surface area contributed by atoms with Crippen molar-refractivity contribution in [3.8, 4) is 0 Å². The highest BCUT2D eigenvalue weighted by Crippen LogP contribution is 2.35. The van der Waals surface area contributed by atoms with Crippen LogP contribution in [0.25, 0.3) is 0 Å². The molecule has 0 aliphatic heterocycles. The lowest BCUT2D eigenvalue weighted by Gasteiger charge is -2.42. The number of urea groups is 1. The van der Waals surface area contributed by atoms with Gasteiger partial charge in [0.2, 0.25) is 0 Å². The standard InChI is InChI=1S/C12H20N2O3/c1-9(2)8-14(3)11(17)13-12(5-4-6-12)7-10(15)16/h1,4-8H2,2-3H3,(H,13,17)(H,15,16). The highest BCUT2D eigenvalue weighted by atomic mass is 16.4. The van der Waals surface area contributed by atoms with E-state index in [2.05, 4.69) is 11.9 Å². The molecule has 0 bridgehead atoms. The molecule has 0 heterocycles. The molecule has 5 nitrogen and oxygen atoms in total. The van der Waals surface area contributed by atoms with E-state index in [4.69, 9.17) is 5.11 Å². The maximum Gasteiger partial charge on any atom is 0.317 e. The van der Waals surface area contributed by atoms with Crippen LogP contribution in [0, 0.1) is 0 Å². The van der Waals surface area contributed by atoms with Gasteiger partial charge in [-0.1, -0.05) is 12.2 Å². The van der Waals surface area contributed by atoms with Crippen LogP contribution in [-0.4, -0.2) is 41.1 Å². The van der Waals surface area contributed by atoms with Crippen LogP contribution in [0.3, 0.4) is 0 Å². The second-order valence-electron chi connectivity index (χ2n) is 4.95. The van der Waals surface area contributed by atoms with E-state index >= 15 is 0 Å². The largest absolute Gasteiger partial charge is 0.481 e. The Bertz CT molecular complexity index is 335. The molecule has 1 aliphatic carbocycles. The van der Waals surface area contributed by atoms with Gasteiger partial charge in [-0.15, -0.1) is 0 Å². The lowest BCUT2D eigenvalue weighted by molar-refractivity contribution is -0.139. The van der Waals surface area contributed by atoms with Crippen LogP contribution in [0.15, 0.2) is 12.2 Å². The molecule has 17 heavy (non-hydrogen) atoms. The van der Waals surface area contributed by atoms with Crippen molar-refractivity contribution in [1.82, 2.24) is 10.2 Å². The molecule has 0 saturated heterocycles. The van der Waals surface area contributed by atoms with Crippen molar-refractivity contribution in [3.05, 3.63) is 12.2 Å². The molecule has 0 atom stereocenters. The normalized spacial score (nSPS) is 16.8. The second-order valence-corrected chi connectivity index (χ2v) is 4.95. The van der Waals surface area contributed by atoms with Gasteiger partial charge in [0, 0.05) is 13.6 Å². The first-order chi connectivity index (χ1) is 7.84. The minimum atomic E-state index is -0.868. The van der Waals surface area contributed by atoms with Gasteiger partial charge in [-0.25, -0.2) is 4.79 Å². The predicted octanol–water partition coefficient (Wildman–Crippen LogP) is 1.60. The topological polar surface area (TPSA) is 69.6 Å². The lowest BCUT2D eigenvalue weighted by atomic mass is 9.74. The zero-order valence-electron chi connectivity index (χ0n) is 10.5. The monoisotopic (exact) mass is 240 g/mol. The summed E-state index contributed by atoms with van der Waals surface area (Å²) in [7, 11) is 1.68. The first kappa shape index (κ1) is 13.5. The molecule has 2 N–H and O–H groups in total. The van der Waals surface area contributed by atoms with E-state index in [1.165, 1.54) is 4.90 Å². The first-order valence-corrected chi connectivity index (χ1v) is 5.74. The SMILES string of the molecule is C=C(C)CN(C)C(=O)NC1(CC(=O)O)CCC1. The maximum atomic E-state index is 11.8. The number of likely N-dealkylation sites (N-methyl/N-ethyl adjacent to an activating group) is 1. The van der Waals surface area contributed by atoms with Gasteiger partial charge in [-0.05, 0) is 26.2 Å². The summed E-state index contributed by atoms with van der Waals surface area (Å²) in [5.41, 5.74) is 0.357. The molecule has 5 heteroatoms. The Hall–Kier alpha value is -1.52. The summed E-state index contributed by atoms with van der Waals surface area (Å²) in [5, 5.41) is 11.7. The summed E-state index contributed by atoms with van der Waals surface area (Å²) >= 11 is 0. The summed E-state index contributed by atoms with van der Waals surface area (Å²) in [6.07, 6.45) is 2.45. The van der Waals surface area contributed by atoms with E-state index in [0.29, 0.717) is 6.54 Å². The number of nitrogens with one attached hydrogen (secondary N) is 1. The number of carbonyl (C=O) groups is 2. The molecule has 0 unspecified atom stereocenters. The molecule has 1 rings (SSSR count). The van der Waals surface area contributed by atoms with Crippen molar-refractivity contribution in [3.63, 3.8) is 0 Å². The van der Waals surface area contributed by atoms with Gasteiger partial charge in [0.05, 0.1) is 12.0 Å². The molecular formula is C12H20N2O3. The zero-order valence-corrected chi connectivity index (χ0v) is 10.5. The van der Waals surface area contributed by atoms with Crippen molar-refractivity contribution in [2.45, 2.75) is 38.1 Å². The van der Waals surface area contributed by atoms with Crippen LogP contribution in [0.1, 0.15) is 32.6 Å². The minimum Gasteiger partial charge on any atom is -0.481 e. The number of hydrogen-bond donors (Lipinski definition) is 2. The summed E-state index contributed by atoms with van der Waals surface area (Å²) in [6.45, 7) is 6.07. The molecule has 0 aromatic heterocycles. The average Bonchev–Trinajstić information content (AvgIpc) is 2.12. The molecule has 2 amide bonds. The summed E-state index contributed by atoms with van der Waals surface area (Å²) < 4.78 is 0. The Labute approximate surface area is 101 Å². The molecule has 0 spiro atoms. The summed E-state index contributed by atoms with van der Waals surface area (Å²) in [4.78, 5) is 24.1. The van der Waals surface area contributed by atoms with E-state index in [9.17, 15) is 9.59 Å². The molecule has 0 aromatic rings. The van der Waals surface area contributed by atoms with Gasteiger partial charge < -0.3 is 15.3 Å². The Morgan fingerprint density at radius 2 is 2.06 bits per heavy atom. The molecular weight excluding hydrogens is 220 g/mol. The second kappa shape index (κ2) is 5.21. The van der Waals surface area contributed by atoms with E-state index in [0.717, 1.165) is 24.8 Å². The Morgan fingerprint density at radius 1 is 1.47 bits per heavy atom. The number of carboxylic acid groups (broad SMARTS) is 1. The quantitative estimate of drug-likeness (QED) is 0.717. The number of nitrogens with zero attached hydrogens (tertiary/aromatic N) is 1. The average molecular weight is 240 g/mol. The van der Waals surface area contributed by atoms with Crippen LogP contribution in [-0.2, 0) is 4.79 Å². The van der Waals surface area contributed by atoms with Crippen molar-refractivity contribution >= 4 is 12.0 Å². The highest BCUT2D eigenvalue weighted by molar-refractivity contribution is 5.77. The van der Waals surface area contributed by atoms with Gasteiger partial charge >= 0.3 is 12.0 Å². The van der Waals surface area contributed by atoms with Gasteiger partial charge in [0.15, 0.2) is 0 Å². The third kappa shape index (κ3) is 3.76. The Balaban J connectivity index is 2.53. The number of carboxylic acids is 1. The van der Waals surface area contributed by atoms with E-state index in [-0.39, 0.29) is 12.5 Å². The van der Waals surface area contributed by atoms with E-state index in [1.807, 2.05) is 6.92 Å². The summed E-state index contributed by atoms with van der Waals surface area (Å²) in [5.74, 6) is -0.868. The molecule has 1 aliphatic rings. The zero-order chi connectivity index (χ0) is 13.1. The van der Waals surface area contributed by atoms with Crippen LogP contribution in [0.2, 0.25) is 0 Å².